The highest BCUT2D eigenvalue weighted by Crippen LogP contribution is 2.34. The lowest BCUT2D eigenvalue weighted by atomic mass is 9.86. The fourth-order valence-electron chi connectivity index (χ4n) is 3.88. The van der Waals surface area contributed by atoms with E-state index in [9.17, 15) is 15.0 Å². The van der Waals surface area contributed by atoms with E-state index in [1.807, 2.05) is 41.5 Å². The first-order chi connectivity index (χ1) is 12.5. The Kier molecular flexibility index (Phi) is 7.11. The van der Waals surface area contributed by atoms with Crippen LogP contribution in [0.3, 0.4) is 0 Å². The lowest BCUT2D eigenvalue weighted by Gasteiger charge is -2.46. The van der Waals surface area contributed by atoms with E-state index in [1.165, 1.54) is 0 Å². The number of nitrogens with zero attached hydrogens (tertiary/aromatic N) is 2. The van der Waals surface area contributed by atoms with Crippen LogP contribution in [0.1, 0.15) is 48.0 Å². The highest BCUT2D eigenvalue weighted by atomic mass is 16.5. The fourth-order valence-corrected chi connectivity index (χ4v) is 3.88. The van der Waals surface area contributed by atoms with Crippen molar-refractivity contribution in [1.82, 2.24) is 9.80 Å². The molecule has 0 aromatic rings. The van der Waals surface area contributed by atoms with Crippen LogP contribution in [0.5, 0.6) is 0 Å². The van der Waals surface area contributed by atoms with Gasteiger partial charge in [0, 0.05) is 25.3 Å². The van der Waals surface area contributed by atoms with E-state index in [2.05, 4.69) is 15.9 Å². The van der Waals surface area contributed by atoms with Crippen molar-refractivity contribution in [3.8, 4) is 0 Å². The molecule has 6 heteroatoms. The third kappa shape index (κ3) is 5.12. The largest absolute Gasteiger partial charge is 0.478 e. The van der Waals surface area contributed by atoms with Crippen molar-refractivity contribution in [1.29, 1.82) is 0 Å². The van der Waals surface area contributed by atoms with Gasteiger partial charge >= 0.3 is 5.97 Å². The van der Waals surface area contributed by atoms with Gasteiger partial charge in [-0.1, -0.05) is 34.6 Å². The first-order valence-electron chi connectivity index (χ1n) is 9.96. The topological polar surface area (TPSA) is 73.2 Å². The molecule has 0 aromatic heterocycles. The number of hydrogen-bond acceptors (Lipinski definition) is 5. The molecular weight excluding hydrogens is 344 g/mol. The van der Waals surface area contributed by atoms with Gasteiger partial charge in [-0.25, -0.2) is 4.79 Å². The summed E-state index contributed by atoms with van der Waals surface area (Å²) in [4.78, 5) is 16.5. The molecule has 0 aromatic carbocycles. The van der Waals surface area contributed by atoms with Crippen LogP contribution < -0.4 is 0 Å². The Labute approximate surface area is 163 Å². The summed E-state index contributed by atoms with van der Waals surface area (Å²) in [6.07, 6.45) is 2.21. The van der Waals surface area contributed by atoms with Gasteiger partial charge in [-0.2, -0.15) is 0 Å². The van der Waals surface area contributed by atoms with Crippen LogP contribution in [0.2, 0.25) is 0 Å². The second-order valence-electron chi connectivity index (χ2n) is 9.00. The quantitative estimate of drug-likeness (QED) is 0.738. The summed E-state index contributed by atoms with van der Waals surface area (Å²) in [5.74, 6) is -0.802. The van der Waals surface area contributed by atoms with Crippen LogP contribution in [-0.2, 0) is 9.53 Å². The number of allylic oxidation sites excluding steroid dienone is 1. The molecule has 154 valence electrons. The van der Waals surface area contributed by atoms with Gasteiger partial charge in [0.15, 0.2) is 0 Å². The van der Waals surface area contributed by atoms with Crippen LogP contribution >= 0.6 is 0 Å². The molecule has 2 aliphatic rings. The van der Waals surface area contributed by atoms with Gasteiger partial charge < -0.3 is 19.8 Å². The monoisotopic (exact) mass is 380 g/mol. The number of aliphatic hydroxyl groups is 1. The lowest BCUT2D eigenvalue weighted by Crippen LogP contribution is -2.54. The molecule has 6 nitrogen and oxygen atoms in total. The number of carboxylic acids is 1. The second kappa shape index (κ2) is 8.76. The highest BCUT2D eigenvalue weighted by Gasteiger charge is 2.36. The van der Waals surface area contributed by atoms with E-state index < -0.39 is 12.1 Å². The molecule has 2 atom stereocenters. The molecule has 0 spiro atoms. The number of morpholine rings is 1. The molecule has 0 saturated carbocycles. The van der Waals surface area contributed by atoms with E-state index in [1.54, 1.807) is 0 Å². The van der Waals surface area contributed by atoms with Crippen molar-refractivity contribution < 1.29 is 19.7 Å². The van der Waals surface area contributed by atoms with E-state index in [4.69, 9.17) is 4.74 Å². The van der Waals surface area contributed by atoms with Crippen molar-refractivity contribution in [2.45, 2.75) is 60.2 Å². The van der Waals surface area contributed by atoms with Crippen LogP contribution in [0.15, 0.2) is 22.9 Å². The summed E-state index contributed by atoms with van der Waals surface area (Å²) in [6, 6.07) is 0. The number of rotatable bonds is 6. The first kappa shape index (κ1) is 21.9. The molecule has 2 rings (SSSR count). The minimum Gasteiger partial charge on any atom is -0.478 e. The predicted molar refractivity (Wildman–Crippen MR) is 106 cm³/mol. The fraction of sp³-hybridized carbons (Fsp3) is 0.762. The first-order valence-corrected chi connectivity index (χ1v) is 9.96. The van der Waals surface area contributed by atoms with E-state index in [-0.39, 0.29) is 17.5 Å². The normalized spacial score (nSPS) is 23.6. The minimum atomic E-state index is -0.880. The van der Waals surface area contributed by atoms with Gasteiger partial charge in [0.05, 0.1) is 24.9 Å². The van der Waals surface area contributed by atoms with Gasteiger partial charge in [0.2, 0.25) is 0 Å². The zero-order chi connectivity index (χ0) is 20.4. The van der Waals surface area contributed by atoms with Crippen LogP contribution in [-0.4, -0.2) is 71.1 Å². The van der Waals surface area contributed by atoms with Gasteiger partial charge in [0.1, 0.15) is 6.17 Å². The third-order valence-corrected chi connectivity index (χ3v) is 5.50. The SMILES string of the molecule is CC1=CC(N2CCOCC2)N(CCC(O)C(C)(C)C)C(C(C)C)=C1C(=O)O. The molecule has 0 radical (unpaired) electrons. The maximum absolute atomic E-state index is 12.0. The van der Waals surface area contributed by atoms with Gasteiger partial charge in [-0.3, -0.25) is 4.90 Å². The standard InChI is InChI=1S/C21H36N2O4/c1-14(2)19-18(20(25)26)15(3)13-17(22-9-11-27-12-10-22)23(19)8-7-16(24)21(4,5)6/h13-14,16-17,24H,7-12H2,1-6H3,(H,25,26). The minimum absolute atomic E-state index is 0.00145. The maximum Gasteiger partial charge on any atom is 0.337 e. The van der Waals surface area contributed by atoms with Crippen LogP contribution in [0.4, 0.5) is 0 Å². The Morgan fingerprint density at radius 3 is 2.37 bits per heavy atom. The molecule has 27 heavy (non-hydrogen) atoms. The van der Waals surface area contributed by atoms with Gasteiger partial charge in [-0.15, -0.1) is 0 Å². The number of carbonyl (C=O) groups is 1. The third-order valence-electron chi connectivity index (χ3n) is 5.50. The highest BCUT2D eigenvalue weighted by molar-refractivity contribution is 5.93. The van der Waals surface area contributed by atoms with E-state index in [0.717, 1.165) is 24.4 Å². The number of ether oxygens (including phenoxy) is 1. The Morgan fingerprint density at radius 2 is 1.89 bits per heavy atom. The number of aliphatic carboxylic acids is 1. The Bertz CT molecular complexity index is 598. The maximum atomic E-state index is 12.0. The van der Waals surface area contributed by atoms with Crippen molar-refractivity contribution >= 4 is 5.97 Å². The van der Waals surface area contributed by atoms with Crippen molar-refractivity contribution in [3.05, 3.63) is 22.9 Å². The van der Waals surface area contributed by atoms with E-state index in [0.29, 0.717) is 31.8 Å². The Balaban J connectivity index is 2.39. The summed E-state index contributed by atoms with van der Waals surface area (Å²) < 4.78 is 5.50. The lowest BCUT2D eigenvalue weighted by molar-refractivity contribution is -0.132. The molecule has 2 unspecified atom stereocenters. The summed E-state index contributed by atoms with van der Waals surface area (Å²) in [5, 5.41) is 20.4. The van der Waals surface area contributed by atoms with E-state index >= 15 is 0 Å². The summed E-state index contributed by atoms with van der Waals surface area (Å²) in [7, 11) is 0. The average Bonchev–Trinajstić information content (AvgIpc) is 2.58. The average molecular weight is 381 g/mol. The van der Waals surface area contributed by atoms with Crippen LogP contribution in [0.25, 0.3) is 0 Å². The van der Waals surface area contributed by atoms with Crippen LogP contribution in [0, 0.1) is 11.3 Å². The van der Waals surface area contributed by atoms with Gasteiger partial charge in [-0.05, 0) is 36.3 Å². The molecule has 2 N–H and O–H groups in total. The van der Waals surface area contributed by atoms with Crippen molar-refractivity contribution in [3.63, 3.8) is 0 Å². The smallest absolute Gasteiger partial charge is 0.337 e. The number of hydrogen-bond donors (Lipinski definition) is 2. The second-order valence-corrected chi connectivity index (χ2v) is 9.00. The molecule has 0 bridgehead atoms. The summed E-state index contributed by atoms with van der Waals surface area (Å²) in [5.41, 5.74) is 1.88. The van der Waals surface area contributed by atoms with Crippen molar-refractivity contribution in [2.75, 3.05) is 32.8 Å². The summed E-state index contributed by atoms with van der Waals surface area (Å²) >= 11 is 0. The predicted octanol–water partition coefficient (Wildman–Crippen LogP) is 2.70. The zero-order valence-electron chi connectivity index (χ0n) is 17.7. The summed E-state index contributed by atoms with van der Waals surface area (Å²) in [6.45, 7) is 15.7. The molecule has 1 fully saturated rings. The molecule has 0 aliphatic carbocycles. The molecule has 1 saturated heterocycles. The Hall–Kier alpha value is -1.37. The molecular formula is C21H36N2O4. The number of carboxylic acid groups (broad SMARTS) is 1. The molecule has 0 amide bonds. The number of aliphatic hydroxyl groups excluding tert-OH is 1. The van der Waals surface area contributed by atoms with Gasteiger partial charge in [0.25, 0.3) is 0 Å². The molecule has 2 aliphatic heterocycles. The zero-order valence-corrected chi connectivity index (χ0v) is 17.7. The molecule has 2 heterocycles. The van der Waals surface area contributed by atoms with Crippen molar-refractivity contribution in [2.24, 2.45) is 11.3 Å². The Morgan fingerprint density at radius 1 is 1.30 bits per heavy atom.